The number of anilines is 2. The van der Waals surface area contributed by atoms with Crippen LogP contribution in [0.3, 0.4) is 0 Å². The van der Waals surface area contributed by atoms with E-state index in [1.807, 2.05) is 18.5 Å². The summed E-state index contributed by atoms with van der Waals surface area (Å²) in [5.41, 5.74) is 7.07. The van der Waals surface area contributed by atoms with Crippen LogP contribution in [0.25, 0.3) is 44.5 Å². The Bertz CT molecular complexity index is 1640. The Morgan fingerprint density at radius 3 is 2.58 bits per heavy atom. The highest BCUT2D eigenvalue weighted by Gasteiger charge is 2.25. The first-order chi connectivity index (χ1) is 18.6. The van der Waals surface area contributed by atoms with Crippen molar-refractivity contribution in [1.82, 2.24) is 35.0 Å². The summed E-state index contributed by atoms with van der Waals surface area (Å²) in [5, 5.41) is 12.7. The fourth-order valence-corrected chi connectivity index (χ4v) is 5.31. The highest BCUT2D eigenvalue weighted by atomic mass is 16.1. The molecule has 7 rings (SSSR count). The number of aromatic amines is 2. The van der Waals surface area contributed by atoms with E-state index in [1.54, 1.807) is 18.6 Å². The van der Waals surface area contributed by atoms with E-state index in [0.717, 1.165) is 89.9 Å². The summed E-state index contributed by atoms with van der Waals surface area (Å²) >= 11 is 0. The summed E-state index contributed by atoms with van der Waals surface area (Å²) in [6.07, 6.45) is 12.1. The molecule has 1 saturated carbocycles. The van der Waals surface area contributed by atoms with Gasteiger partial charge in [-0.05, 0) is 38.1 Å². The molecule has 38 heavy (non-hydrogen) atoms. The number of nitrogens with one attached hydrogen (secondary N) is 3. The van der Waals surface area contributed by atoms with E-state index < -0.39 is 0 Å². The third-order valence-corrected chi connectivity index (χ3v) is 7.86. The van der Waals surface area contributed by atoms with E-state index in [-0.39, 0.29) is 11.8 Å². The van der Waals surface area contributed by atoms with Gasteiger partial charge in [0, 0.05) is 66.4 Å². The number of likely N-dealkylation sites (N-methyl/N-ethyl adjacent to an activating group) is 1. The minimum absolute atomic E-state index is 0.0742. The Labute approximate surface area is 219 Å². The summed E-state index contributed by atoms with van der Waals surface area (Å²) in [7, 11) is 2.16. The normalized spacial score (nSPS) is 16.7. The average molecular weight is 508 g/mol. The average Bonchev–Trinajstić information content (AvgIpc) is 3.52. The fourth-order valence-electron chi connectivity index (χ4n) is 5.31. The lowest BCUT2D eigenvalue weighted by atomic mass is 9.85. The Morgan fingerprint density at radius 2 is 1.76 bits per heavy atom. The molecule has 10 heteroatoms. The molecule has 1 aliphatic heterocycles. The molecule has 5 aromatic heterocycles. The van der Waals surface area contributed by atoms with Crippen LogP contribution in [0.5, 0.6) is 0 Å². The van der Waals surface area contributed by atoms with Crippen molar-refractivity contribution in [1.29, 1.82) is 0 Å². The van der Waals surface area contributed by atoms with Crippen LogP contribution >= 0.6 is 0 Å². The number of hydrogen-bond donors (Lipinski definition) is 3. The Kier molecular flexibility index (Phi) is 5.54. The number of piperazine rings is 1. The maximum Gasteiger partial charge on any atom is 0.227 e. The molecule has 0 bridgehead atoms. The third-order valence-electron chi connectivity index (χ3n) is 7.86. The van der Waals surface area contributed by atoms with Crippen molar-refractivity contribution in [3.8, 4) is 22.5 Å². The Hall–Kier alpha value is -4.31. The smallest absolute Gasteiger partial charge is 0.227 e. The molecule has 0 unspecified atom stereocenters. The van der Waals surface area contributed by atoms with Gasteiger partial charge in [-0.15, -0.1) is 0 Å². The lowest BCUT2D eigenvalue weighted by molar-refractivity contribution is -0.122. The van der Waals surface area contributed by atoms with Crippen molar-refractivity contribution in [2.45, 2.75) is 19.3 Å². The number of nitrogens with zero attached hydrogens (tertiary/aromatic N) is 6. The molecule has 192 valence electrons. The molecule has 0 atom stereocenters. The van der Waals surface area contributed by atoms with Gasteiger partial charge in [0.25, 0.3) is 0 Å². The maximum atomic E-state index is 12.4. The number of pyridine rings is 3. The van der Waals surface area contributed by atoms with Crippen molar-refractivity contribution in [2.75, 3.05) is 43.4 Å². The highest BCUT2D eigenvalue weighted by molar-refractivity contribution is 6.00. The summed E-state index contributed by atoms with van der Waals surface area (Å²) < 4.78 is 0. The van der Waals surface area contributed by atoms with Gasteiger partial charge in [0.15, 0.2) is 5.65 Å². The number of H-pyrrole nitrogens is 2. The second-order valence-electron chi connectivity index (χ2n) is 10.4. The van der Waals surface area contributed by atoms with Gasteiger partial charge >= 0.3 is 0 Å². The molecule has 10 nitrogen and oxygen atoms in total. The lowest BCUT2D eigenvalue weighted by Gasteiger charge is -2.34. The number of hydrogen-bond acceptors (Lipinski definition) is 7. The van der Waals surface area contributed by atoms with E-state index in [1.165, 1.54) is 0 Å². The third kappa shape index (κ3) is 4.06. The van der Waals surface area contributed by atoms with Crippen LogP contribution in [0.2, 0.25) is 0 Å². The van der Waals surface area contributed by atoms with Crippen LogP contribution in [-0.2, 0) is 4.79 Å². The van der Waals surface area contributed by atoms with E-state index in [4.69, 9.17) is 0 Å². The zero-order valence-electron chi connectivity index (χ0n) is 21.2. The van der Waals surface area contributed by atoms with Gasteiger partial charge in [0.1, 0.15) is 0 Å². The van der Waals surface area contributed by atoms with Gasteiger partial charge in [0.2, 0.25) is 5.91 Å². The standard InChI is InChI=1S/C28H29N9O/c1-36-5-7-37(8-6-36)25-16-30-15-24-21(25)11-23(33-24)26-22-10-19(13-31-27(22)35-34-26)18-9-20(14-29-12-18)32-28(38)17-3-2-4-17/h9-17,33H,2-8H2,1H3,(H,32,38)(H,31,34,35). The van der Waals surface area contributed by atoms with E-state index in [9.17, 15) is 4.79 Å². The number of rotatable bonds is 5. The summed E-state index contributed by atoms with van der Waals surface area (Å²) in [6.45, 7) is 4.03. The van der Waals surface area contributed by atoms with Gasteiger partial charge in [-0.3, -0.25) is 19.9 Å². The highest BCUT2D eigenvalue weighted by Crippen LogP contribution is 2.34. The zero-order valence-corrected chi connectivity index (χ0v) is 21.2. The van der Waals surface area contributed by atoms with Crippen LogP contribution < -0.4 is 10.2 Å². The van der Waals surface area contributed by atoms with Crippen molar-refractivity contribution >= 4 is 39.2 Å². The van der Waals surface area contributed by atoms with Crippen molar-refractivity contribution in [3.05, 3.63) is 49.2 Å². The minimum Gasteiger partial charge on any atom is -0.367 e. The number of carbonyl (C=O) groups excluding carboxylic acids is 1. The molecule has 2 aliphatic rings. The molecule has 3 N–H and O–H groups in total. The number of amides is 1. The van der Waals surface area contributed by atoms with Gasteiger partial charge in [-0.2, -0.15) is 5.10 Å². The van der Waals surface area contributed by atoms with Gasteiger partial charge in [-0.25, -0.2) is 4.98 Å². The quantitative estimate of drug-likeness (QED) is 0.328. The Balaban J connectivity index is 1.22. The van der Waals surface area contributed by atoms with Gasteiger partial charge in [-0.1, -0.05) is 6.42 Å². The molecule has 1 aliphatic carbocycles. The molecule has 0 radical (unpaired) electrons. The first-order valence-electron chi connectivity index (χ1n) is 13.1. The molecular formula is C28H29N9O. The van der Waals surface area contributed by atoms with Gasteiger partial charge in [0.05, 0.1) is 46.9 Å². The van der Waals surface area contributed by atoms with Crippen LogP contribution in [0.4, 0.5) is 11.4 Å². The Morgan fingerprint density at radius 1 is 0.947 bits per heavy atom. The fraction of sp³-hybridized carbons (Fsp3) is 0.321. The van der Waals surface area contributed by atoms with Crippen LogP contribution in [0.1, 0.15) is 19.3 Å². The summed E-state index contributed by atoms with van der Waals surface area (Å²) in [5.74, 6) is 0.193. The SMILES string of the molecule is CN1CCN(c2cncc3[nH]c(-c4[nH]nc5ncc(-c6cncc(NC(=O)C7CCC7)c6)cc45)cc23)CC1. The molecule has 2 fully saturated rings. The second kappa shape index (κ2) is 9.21. The topological polar surface area (TPSA) is 119 Å². The first-order valence-corrected chi connectivity index (χ1v) is 13.1. The molecule has 0 aromatic carbocycles. The monoisotopic (exact) mass is 507 g/mol. The van der Waals surface area contributed by atoms with E-state index in [2.05, 4.69) is 64.4 Å². The zero-order chi connectivity index (χ0) is 25.6. The molecule has 5 aromatic rings. The van der Waals surface area contributed by atoms with Crippen molar-refractivity contribution in [3.63, 3.8) is 0 Å². The van der Waals surface area contributed by atoms with E-state index in [0.29, 0.717) is 11.3 Å². The van der Waals surface area contributed by atoms with Crippen molar-refractivity contribution < 1.29 is 4.79 Å². The lowest BCUT2D eigenvalue weighted by Crippen LogP contribution is -2.44. The van der Waals surface area contributed by atoms with Crippen LogP contribution in [0.15, 0.2) is 49.2 Å². The minimum atomic E-state index is 0.0742. The predicted octanol–water partition coefficient (Wildman–Crippen LogP) is 4.05. The number of fused-ring (bicyclic) bond motifs is 2. The molecule has 1 saturated heterocycles. The molecule has 6 heterocycles. The van der Waals surface area contributed by atoms with Gasteiger partial charge < -0.3 is 20.1 Å². The largest absolute Gasteiger partial charge is 0.367 e. The number of aromatic nitrogens is 6. The molecule has 0 spiro atoms. The summed E-state index contributed by atoms with van der Waals surface area (Å²) in [6, 6.07) is 6.19. The predicted molar refractivity (Wildman–Crippen MR) is 148 cm³/mol. The summed E-state index contributed by atoms with van der Waals surface area (Å²) in [4.78, 5) is 34.2. The number of carbonyl (C=O) groups is 1. The second-order valence-corrected chi connectivity index (χ2v) is 10.4. The van der Waals surface area contributed by atoms with E-state index >= 15 is 0 Å². The molecular weight excluding hydrogens is 478 g/mol. The maximum absolute atomic E-state index is 12.4. The van der Waals surface area contributed by atoms with Crippen LogP contribution in [-0.4, -0.2) is 74.2 Å². The van der Waals surface area contributed by atoms with Crippen LogP contribution in [0, 0.1) is 5.92 Å². The van der Waals surface area contributed by atoms with Crippen molar-refractivity contribution in [2.24, 2.45) is 5.92 Å². The molecule has 1 amide bonds. The first kappa shape index (κ1) is 22.9.